The van der Waals surface area contributed by atoms with Crippen molar-refractivity contribution < 1.29 is 19.4 Å². The normalized spacial score (nSPS) is 9.82. The van der Waals surface area contributed by atoms with Crippen molar-refractivity contribution in [2.75, 3.05) is 27.4 Å². The number of aromatic amines is 1. The second-order valence-electron chi connectivity index (χ2n) is 4.88. The monoisotopic (exact) mass is 401 g/mol. The molecule has 28 heavy (non-hydrogen) atoms. The predicted molar refractivity (Wildman–Crippen MR) is 110 cm³/mol. The number of aliphatic hydroxyl groups excluding tert-OH is 1. The summed E-state index contributed by atoms with van der Waals surface area (Å²) in [5, 5.41) is 7.00. The summed E-state index contributed by atoms with van der Waals surface area (Å²) < 4.78 is 11.3. The third kappa shape index (κ3) is 13.7. The average molecular weight is 402 g/mol. The summed E-state index contributed by atoms with van der Waals surface area (Å²) in [6.45, 7) is 8.33. The molecule has 1 unspecified atom stereocenters. The summed E-state index contributed by atoms with van der Waals surface area (Å²) in [6.07, 6.45) is 7.72. The highest BCUT2D eigenvalue weighted by Crippen LogP contribution is 2.01. The number of nitrogens with one attached hydrogen (secondary N) is 1. The Kier molecular flexibility index (Phi) is 22.6. The minimum absolute atomic E-state index is 0.0344. The van der Waals surface area contributed by atoms with Crippen molar-refractivity contribution >= 4 is 5.97 Å². The quantitative estimate of drug-likeness (QED) is 0.446. The van der Waals surface area contributed by atoms with Gasteiger partial charge in [-0.1, -0.05) is 40.0 Å². The molecule has 0 saturated heterocycles. The molecule has 0 amide bonds. The van der Waals surface area contributed by atoms with E-state index in [1.807, 2.05) is 13.8 Å². The molecule has 0 bridgehead atoms. The second kappa shape index (κ2) is 20.9. The summed E-state index contributed by atoms with van der Waals surface area (Å²) in [5.74, 6) is 1.66. The smallest absolute Gasteiger partial charge is 0.328 e. The average Bonchev–Trinajstić information content (AvgIpc) is 2.72. The van der Waals surface area contributed by atoms with Gasteiger partial charge in [0.1, 0.15) is 12.2 Å². The zero-order valence-corrected chi connectivity index (χ0v) is 17.8. The topological polar surface area (TPSA) is 137 Å². The summed E-state index contributed by atoms with van der Waals surface area (Å²) in [6, 6.07) is 0. The van der Waals surface area contributed by atoms with Gasteiger partial charge >= 0.3 is 11.7 Å². The molecule has 0 spiro atoms. The maximum absolute atomic E-state index is 11.6. The molecule has 0 radical (unpaired) electrons. The summed E-state index contributed by atoms with van der Waals surface area (Å²) in [7, 11) is 2.46. The van der Waals surface area contributed by atoms with E-state index in [0.717, 1.165) is 7.11 Å². The minimum atomic E-state index is -0.598. The van der Waals surface area contributed by atoms with Gasteiger partial charge in [-0.05, 0) is 6.42 Å². The zero-order valence-electron chi connectivity index (χ0n) is 17.8. The summed E-state index contributed by atoms with van der Waals surface area (Å²) in [5.41, 5.74) is 4.02. The number of H-pyrrole nitrogens is 1. The molecule has 162 valence electrons. The number of aromatic nitrogens is 2. The molecule has 9 nitrogen and oxygen atoms in total. The first kappa shape index (κ1) is 30.3. The molecule has 0 aliphatic carbocycles. The van der Waals surface area contributed by atoms with Crippen LogP contribution in [0.15, 0.2) is 15.8 Å². The van der Waals surface area contributed by atoms with Crippen molar-refractivity contribution in [1.82, 2.24) is 9.55 Å². The van der Waals surface area contributed by atoms with Crippen LogP contribution in [0.2, 0.25) is 0 Å². The lowest BCUT2D eigenvalue weighted by Crippen LogP contribution is -2.33. The van der Waals surface area contributed by atoms with Crippen LogP contribution < -0.4 is 17.0 Å². The van der Waals surface area contributed by atoms with Crippen LogP contribution in [-0.2, 0) is 20.8 Å². The molecular formula is C19H35N3O6. The fourth-order valence-corrected chi connectivity index (χ4v) is 1.58. The Labute approximate surface area is 166 Å². The number of methoxy groups -OCH3 is 1. The molecular weight excluding hydrogens is 366 g/mol. The number of carbonyl (C=O) groups excluding carboxylic acids is 1. The fraction of sp³-hybridized carbons (Fsp3) is 0.632. The number of esters is 1. The number of aliphatic hydroxyl groups is 1. The van der Waals surface area contributed by atoms with Crippen LogP contribution in [0.25, 0.3) is 0 Å². The number of rotatable bonds is 7. The molecule has 1 atom stereocenters. The third-order valence-corrected chi connectivity index (χ3v) is 2.79. The maximum Gasteiger partial charge on any atom is 0.328 e. The van der Waals surface area contributed by atoms with Gasteiger partial charge in [0.2, 0.25) is 0 Å². The molecule has 4 N–H and O–H groups in total. The highest BCUT2D eigenvalue weighted by Gasteiger charge is 2.12. The van der Waals surface area contributed by atoms with Crippen LogP contribution >= 0.6 is 0 Å². The van der Waals surface area contributed by atoms with Gasteiger partial charge in [-0.15, -0.1) is 6.42 Å². The molecule has 0 aliphatic rings. The van der Waals surface area contributed by atoms with Gasteiger partial charge in [0, 0.05) is 27.0 Å². The number of ether oxygens (including phenoxy) is 2. The standard InChI is InChI=1S/C13H17N3O5.C3H8.C2H6.CH4O/c1-3-9-7-16(13(19)15-12(9)18)5-4-10(20-2)8-21-11(17)6-14;1-3-2;2*1-2/h1,7,10H,4-6,8,14H2,2H3,(H,15,18,19);3H2,1-2H3;1-2H3;2H,1H3. The van der Waals surface area contributed by atoms with Gasteiger partial charge in [-0.2, -0.15) is 0 Å². The van der Waals surface area contributed by atoms with E-state index < -0.39 is 23.3 Å². The van der Waals surface area contributed by atoms with Crippen molar-refractivity contribution in [2.24, 2.45) is 5.73 Å². The Bertz CT molecular complexity index is 661. The molecule has 1 aromatic heterocycles. The van der Waals surface area contributed by atoms with Crippen LogP contribution in [0.5, 0.6) is 0 Å². The second-order valence-corrected chi connectivity index (χ2v) is 4.88. The van der Waals surface area contributed by atoms with Crippen LogP contribution in [0.4, 0.5) is 0 Å². The summed E-state index contributed by atoms with van der Waals surface area (Å²) in [4.78, 5) is 36.0. The van der Waals surface area contributed by atoms with Crippen LogP contribution in [0, 0.1) is 12.3 Å². The number of carbonyl (C=O) groups is 1. The minimum Gasteiger partial charge on any atom is -0.462 e. The van der Waals surface area contributed by atoms with E-state index in [4.69, 9.17) is 26.7 Å². The molecule has 0 saturated carbocycles. The van der Waals surface area contributed by atoms with E-state index in [1.54, 1.807) is 0 Å². The number of nitrogens with zero attached hydrogens (tertiary/aromatic N) is 1. The fourth-order valence-electron chi connectivity index (χ4n) is 1.58. The van der Waals surface area contributed by atoms with Crippen molar-refractivity contribution in [1.29, 1.82) is 0 Å². The molecule has 1 aromatic rings. The van der Waals surface area contributed by atoms with E-state index in [2.05, 4.69) is 24.8 Å². The van der Waals surface area contributed by atoms with Gasteiger partial charge < -0.3 is 20.3 Å². The molecule has 1 heterocycles. The van der Waals surface area contributed by atoms with Crippen LogP contribution in [0.1, 0.15) is 46.1 Å². The van der Waals surface area contributed by atoms with Gasteiger partial charge in [0.05, 0.1) is 12.6 Å². The number of nitrogens with two attached hydrogens (primary N) is 1. The molecule has 1 rings (SSSR count). The van der Waals surface area contributed by atoms with Gasteiger partial charge in [-0.25, -0.2) is 4.79 Å². The number of aryl methyl sites for hydroxylation is 1. The highest BCUT2D eigenvalue weighted by molar-refractivity contribution is 5.71. The van der Waals surface area contributed by atoms with Crippen molar-refractivity contribution in [3.05, 3.63) is 32.6 Å². The highest BCUT2D eigenvalue weighted by atomic mass is 16.6. The number of hydrogen-bond acceptors (Lipinski definition) is 7. The van der Waals surface area contributed by atoms with Crippen molar-refractivity contribution in [2.45, 2.75) is 53.2 Å². The molecule has 0 aromatic carbocycles. The Hall–Kier alpha value is -2.41. The first-order valence-electron chi connectivity index (χ1n) is 9.06. The van der Waals surface area contributed by atoms with E-state index in [0.29, 0.717) is 6.42 Å². The van der Waals surface area contributed by atoms with Crippen LogP contribution in [0.3, 0.4) is 0 Å². The van der Waals surface area contributed by atoms with Crippen molar-refractivity contribution in [3.63, 3.8) is 0 Å². The van der Waals surface area contributed by atoms with E-state index in [9.17, 15) is 14.4 Å². The van der Waals surface area contributed by atoms with Crippen molar-refractivity contribution in [3.8, 4) is 12.3 Å². The Morgan fingerprint density at radius 2 is 1.89 bits per heavy atom. The Morgan fingerprint density at radius 1 is 1.36 bits per heavy atom. The zero-order chi connectivity index (χ0) is 22.5. The molecule has 0 fully saturated rings. The first-order valence-corrected chi connectivity index (χ1v) is 9.06. The van der Waals surface area contributed by atoms with E-state index >= 15 is 0 Å². The molecule has 0 aliphatic heterocycles. The lowest BCUT2D eigenvalue weighted by atomic mass is 10.2. The Morgan fingerprint density at radius 3 is 2.32 bits per heavy atom. The third-order valence-electron chi connectivity index (χ3n) is 2.79. The Balaban J connectivity index is -0.000000789. The SMILES string of the molecule is C#Cc1cn(CCC(COC(=O)CN)OC)c(=O)[nH]c1=O.CC.CCC.CO. The maximum atomic E-state index is 11.6. The number of terminal acetylenes is 1. The molecule has 9 heteroatoms. The summed E-state index contributed by atoms with van der Waals surface area (Å²) >= 11 is 0. The predicted octanol–water partition coefficient (Wildman–Crippen LogP) is 0.476. The van der Waals surface area contributed by atoms with Gasteiger partial charge in [0.25, 0.3) is 5.56 Å². The first-order chi connectivity index (χ1) is 13.4. The van der Waals surface area contributed by atoms with E-state index in [1.165, 1.54) is 24.3 Å². The largest absolute Gasteiger partial charge is 0.462 e. The lowest BCUT2D eigenvalue weighted by molar-refractivity contribution is -0.145. The lowest BCUT2D eigenvalue weighted by Gasteiger charge is -2.15. The number of hydrogen-bond donors (Lipinski definition) is 3. The van der Waals surface area contributed by atoms with Crippen LogP contribution in [-0.4, -0.2) is 54.1 Å². The van der Waals surface area contributed by atoms with E-state index in [-0.39, 0.29) is 25.3 Å². The van der Waals surface area contributed by atoms with Gasteiger partial charge in [-0.3, -0.25) is 19.1 Å². The van der Waals surface area contributed by atoms with Gasteiger partial charge in [0.15, 0.2) is 0 Å².